The van der Waals surface area contributed by atoms with E-state index >= 15 is 0 Å². The Morgan fingerprint density at radius 2 is 2.13 bits per heavy atom. The molecule has 0 heterocycles. The molecular formula is C21H30O2. The monoisotopic (exact) mass is 314 g/mol. The third kappa shape index (κ3) is 2.99. The van der Waals surface area contributed by atoms with Gasteiger partial charge in [0.15, 0.2) is 0 Å². The van der Waals surface area contributed by atoms with Crippen LogP contribution in [0.3, 0.4) is 0 Å². The van der Waals surface area contributed by atoms with Crippen molar-refractivity contribution in [3.63, 3.8) is 0 Å². The molecule has 23 heavy (non-hydrogen) atoms. The SMILES string of the molecule is C=C1/C(=C\C=C2/CCCC3(C)C(CC)=CCC23)CC(O)CC1O. The Morgan fingerprint density at radius 3 is 2.87 bits per heavy atom. The summed E-state index contributed by atoms with van der Waals surface area (Å²) in [7, 11) is 0. The fraction of sp³-hybridized carbons (Fsp3) is 0.619. The van der Waals surface area contributed by atoms with E-state index < -0.39 is 12.2 Å². The lowest BCUT2D eigenvalue weighted by atomic mass is 9.64. The van der Waals surface area contributed by atoms with Crippen LogP contribution in [0.1, 0.15) is 58.8 Å². The molecule has 4 atom stereocenters. The van der Waals surface area contributed by atoms with Crippen molar-refractivity contribution in [3.8, 4) is 0 Å². The highest BCUT2D eigenvalue weighted by molar-refractivity contribution is 5.40. The first kappa shape index (κ1) is 16.7. The van der Waals surface area contributed by atoms with Crippen LogP contribution in [-0.2, 0) is 0 Å². The molecule has 3 aliphatic carbocycles. The Labute approximate surface area is 140 Å². The van der Waals surface area contributed by atoms with E-state index in [1.54, 1.807) is 5.57 Å². The lowest BCUT2D eigenvalue weighted by Crippen LogP contribution is -2.30. The van der Waals surface area contributed by atoms with E-state index in [1.165, 1.54) is 31.3 Å². The first-order chi connectivity index (χ1) is 11.0. The second-order valence-corrected chi connectivity index (χ2v) is 7.71. The lowest BCUT2D eigenvalue weighted by Gasteiger charge is -2.41. The van der Waals surface area contributed by atoms with E-state index in [9.17, 15) is 10.2 Å². The van der Waals surface area contributed by atoms with Crippen LogP contribution in [0.2, 0.25) is 0 Å². The van der Waals surface area contributed by atoms with Gasteiger partial charge in [-0.25, -0.2) is 0 Å². The maximum Gasteiger partial charge on any atom is 0.0811 e. The quantitative estimate of drug-likeness (QED) is 0.739. The summed E-state index contributed by atoms with van der Waals surface area (Å²) in [6, 6.07) is 0. The summed E-state index contributed by atoms with van der Waals surface area (Å²) in [5, 5.41) is 19.9. The van der Waals surface area contributed by atoms with E-state index in [2.05, 4.69) is 38.7 Å². The fourth-order valence-electron chi connectivity index (χ4n) is 4.92. The van der Waals surface area contributed by atoms with Crippen LogP contribution in [0.5, 0.6) is 0 Å². The Bertz CT molecular complexity index is 581. The Hall–Kier alpha value is -1.12. The molecule has 0 aliphatic heterocycles. The minimum Gasteiger partial charge on any atom is -0.393 e. The van der Waals surface area contributed by atoms with Crippen molar-refractivity contribution in [2.45, 2.75) is 71.0 Å². The Kier molecular flexibility index (Phi) is 4.66. The van der Waals surface area contributed by atoms with Gasteiger partial charge < -0.3 is 10.2 Å². The van der Waals surface area contributed by atoms with Gasteiger partial charge in [-0.1, -0.05) is 49.8 Å². The van der Waals surface area contributed by atoms with Crippen molar-refractivity contribution in [2.24, 2.45) is 11.3 Å². The maximum atomic E-state index is 9.98. The molecule has 2 heteroatoms. The van der Waals surface area contributed by atoms with E-state index in [0.717, 1.165) is 17.6 Å². The molecule has 2 fully saturated rings. The second kappa shape index (κ2) is 6.41. The number of fused-ring (bicyclic) bond motifs is 1. The predicted molar refractivity (Wildman–Crippen MR) is 95.0 cm³/mol. The van der Waals surface area contributed by atoms with E-state index in [-0.39, 0.29) is 0 Å². The van der Waals surface area contributed by atoms with Crippen LogP contribution in [0, 0.1) is 11.3 Å². The zero-order valence-corrected chi connectivity index (χ0v) is 14.5. The van der Waals surface area contributed by atoms with Crippen molar-refractivity contribution in [1.29, 1.82) is 0 Å². The average Bonchev–Trinajstić information content (AvgIpc) is 2.86. The molecular weight excluding hydrogens is 284 g/mol. The first-order valence-corrected chi connectivity index (χ1v) is 9.10. The van der Waals surface area contributed by atoms with Gasteiger partial charge in [0.25, 0.3) is 0 Å². The molecule has 0 saturated heterocycles. The number of hydrogen-bond donors (Lipinski definition) is 2. The van der Waals surface area contributed by atoms with Gasteiger partial charge in [0.1, 0.15) is 0 Å². The number of aliphatic hydroxyl groups excluding tert-OH is 2. The van der Waals surface area contributed by atoms with Crippen molar-refractivity contribution >= 4 is 0 Å². The topological polar surface area (TPSA) is 40.5 Å². The summed E-state index contributed by atoms with van der Waals surface area (Å²) in [5.74, 6) is 0.634. The smallest absolute Gasteiger partial charge is 0.0811 e. The molecule has 2 saturated carbocycles. The number of aliphatic hydroxyl groups is 2. The normalized spacial score (nSPS) is 41.3. The number of hydrogen-bond acceptors (Lipinski definition) is 2. The molecule has 3 aliphatic rings. The summed E-state index contributed by atoms with van der Waals surface area (Å²) in [5.41, 5.74) is 5.31. The zero-order chi connectivity index (χ0) is 16.6. The molecule has 126 valence electrons. The van der Waals surface area contributed by atoms with Crippen molar-refractivity contribution in [3.05, 3.63) is 47.1 Å². The molecule has 0 aromatic carbocycles. The molecule has 0 aromatic heterocycles. The minimum atomic E-state index is -0.597. The molecule has 0 aromatic rings. The highest BCUT2D eigenvalue weighted by atomic mass is 16.3. The third-order valence-corrected chi connectivity index (χ3v) is 6.36. The Morgan fingerprint density at radius 1 is 1.35 bits per heavy atom. The Balaban J connectivity index is 1.83. The summed E-state index contributed by atoms with van der Waals surface area (Å²) in [6.07, 6.45) is 12.9. The van der Waals surface area contributed by atoms with E-state index in [0.29, 0.717) is 24.2 Å². The highest BCUT2D eigenvalue weighted by Gasteiger charge is 2.43. The molecule has 0 radical (unpaired) electrons. The van der Waals surface area contributed by atoms with Crippen LogP contribution in [0.4, 0.5) is 0 Å². The van der Waals surface area contributed by atoms with Crippen LogP contribution < -0.4 is 0 Å². The summed E-state index contributed by atoms with van der Waals surface area (Å²) >= 11 is 0. The molecule has 2 N–H and O–H groups in total. The van der Waals surface area contributed by atoms with Crippen LogP contribution in [0.15, 0.2) is 47.1 Å². The van der Waals surface area contributed by atoms with Crippen LogP contribution in [0.25, 0.3) is 0 Å². The van der Waals surface area contributed by atoms with Crippen molar-refractivity contribution in [1.82, 2.24) is 0 Å². The zero-order valence-electron chi connectivity index (χ0n) is 14.5. The predicted octanol–water partition coefficient (Wildman–Crippen LogP) is 4.46. The van der Waals surface area contributed by atoms with Gasteiger partial charge in [-0.2, -0.15) is 0 Å². The van der Waals surface area contributed by atoms with E-state index in [1.807, 2.05) is 0 Å². The van der Waals surface area contributed by atoms with Gasteiger partial charge >= 0.3 is 0 Å². The highest BCUT2D eigenvalue weighted by Crippen LogP contribution is 2.55. The third-order valence-electron chi connectivity index (χ3n) is 6.36. The molecule has 2 nitrogen and oxygen atoms in total. The lowest BCUT2D eigenvalue weighted by molar-refractivity contribution is 0.0862. The van der Waals surface area contributed by atoms with Gasteiger partial charge in [-0.15, -0.1) is 0 Å². The van der Waals surface area contributed by atoms with Crippen LogP contribution in [-0.4, -0.2) is 22.4 Å². The largest absolute Gasteiger partial charge is 0.393 e. The molecule has 0 amide bonds. The second-order valence-electron chi connectivity index (χ2n) is 7.71. The van der Waals surface area contributed by atoms with Gasteiger partial charge in [0.05, 0.1) is 12.2 Å². The average molecular weight is 314 g/mol. The van der Waals surface area contributed by atoms with Gasteiger partial charge in [0.2, 0.25) is 0 Å². The van der Waals surface area contributed by atoms with Gasteiger partial charge in [-0.3, -0.25) is 0 Å². The maximum absolute atomic E-state index is 9.98. The summed E-state index contributed by atoms with van der Waals surface area (Å²) in [4.78, 5) is 0. The minimum absolute atomic E-state index is 0.347. The molecule has 4 unspecified atom stereocenters. The van der Waals surface area contributed by atoms with Gasteiger partial charge in [-0.05, 0) is 61.0 Å². The first-order valence-electron chi connectivity index (χ1n) is 9.10. The summed E-state index contributed by atoms with van der Waals surface area (Å²) < 4.78 is 0. The van der Waals surface area contributed by atoms with Crippen LogP contribution >= 0.6 is 0 Å². The molecule has 3 rings (SSSR count). The molecule has 0 spiro atoms. The standard InChI is InChI=1S/C21H30O2/c1-4-17-9-10-19-15(6-5-11-21(17,19)3)7-8-16-12-18(22)13-20(23)14(16)2/h7-9,18-20,22-23H,2,4-6,10-13H2,1,3H3/b15-7+,16-8-. The van der Waals surface area contributed by atoms with Crippen molar-refractivity contribution < 1.29 is 10.2 Å². The summed E-state index contributed by atoms with van der Waals surface area (Å²) in [6.45, 7) is 8.72. The van der Waals surface area contributed by atoms with Crippen molar-refractivity contribution in [2.75, 3.05) is 0 Å². The number of rotatable bonds is 2. The van der Waals surface area contributed by atoms with Gasteiger partial charge in [0, 0.05) is 6.42 Å². The van der Waals surface area contributed by atoms with E-state index in [4.69, 9.17) is 0 Å². The molecule has 0 bridgehead atoms. The number of allylic oxidation sites excluding steroid dienone is 5. The fourth-order valence-corrected chi connectivity index (χ4v) is 4.92.